The molecule has 6 rings (SSSR count). The monoisotopic (exact) mass is 353 g/mol. The molecule has 4 saturated carbocycles. The van der Waals surface area contributed by atoms with Crippen LogP contribution in [0.3, 0.4) is 0 Å². The summed E-state index contributed by atoms with van der Waals surface area (Å²) in [5, 5.41) is 18.8. The van der Waals surface area contributed by atoms with Crippen LogP contribution in [0.4, 0.5) is 0 Å². The SMILES string of the molecule is NC=C(C(=NC12C[C@@H]3C[C@@H](CC(O)(C3)C1)C2)c1ccc[nH]1)c1nnco1. The molecule has 0 spiro atoms. The van der Waals surface area contributed by atoms with Gasteiger partial charge in [0, 0.05) is 18.8 Å². The van der Waals surface area contributed by atoms with E-state index in [-0.39, 0.29) is 5.54 Å². The summed E-state index contributed by atoms with van der Waals surface area (Å²) in [6, 6.07) is 3.90. The van der Waals surface area contributed by atoms with Crippen LogP contribution in [-0.2, 0) is 0 Å². The van der Waals surface area contributed by atoms with Crippen LogP contribution in [0.25, 0.3) is 5.57 Å². The summed E-state index contributed by atoms with van der Waals surface area (Å²) >= 11 is 0. The van der Waals surface area contributed by atoms with E-state index >= 15 is 0 Å². The minimum absolute atomic E-state index is 0.243. The largest absolute Gasteiger partial charge is 0.423 e. The van der Waals surface area contributed by atoms with Crippen molar-refractivity contribution in [3.63, 3.8) is 0 Å². The summed E-state index contributed by atoms with van der Waals surface area (Å²) in [5.74, 6) is 1.47. The van der Waals surface area contributed by atoms with Crippen molar-refractivity contribution < 1.29 is 9.52 Å². The van der Waals surface area contributed by atoms with E-state index in [2.05, 4.69) is 15.2 Å². The molecule has 0 amide bonds. The second-order valence-electron chi connectivity index (χ2n) is 8.28. The molecule has 2 aromatic heterocycles. The molecule has 2 unspecified atom stereocenters. The number of nitrogens with one attached hydrogen (secondary N) is 1. The average molecular weight is 353 g/mol. The minimum Gasteiger partial charge on any atom is -0.423 e. The number of aromatic nitrogens is 3. The molecule has 4 aliphatic carbocycles. The molecule has 0 aromatic carbocycles. The average Bonchev–Trinajstić information content (AvgIpc) is 3.26. The summed E-state index contributed by atoms with van der Waals surface area (Å²) in [6.45, 7) is 0. The zero-order valence-corrected chi connectivity index (χ0v) is 14.6. The van der Waals surface area contributed by atoms with Crippen molar-refractivity contribution in [1.82, 2.24) is 15.2 Å². The van der Waals surface area contributed by atoms with Gasteiger partial charge in [-0.3, -0.25) is 4.99 Å². The number of hydrogen-bond acceptors (Lipinski definition) is 6. The number of nitrogens with two attached hydrogens (primary N) is 1. The van der Waals surface area contributed by atoms with Gasteiger partial charge in [-0.15, -0.1) is 10.2 Å². The molecule has 4 aliphatic rings. The number of allylic oxidation sites excluding steroid dienone is 1. The van der Waals surface area contributed by atoms with Gasteiger partial charge in [-0.1, -0.05) is 0 Å². The zero-order valence-electron chi connectivity index (χ0n) is 14.6. The highest BCUT2D eigenvalue weighted by Gasteiger charge is 2.57. The molecule has 136 valence electrons. The first-order chi connectivity index (χ1) is 12.6. The molecule has 26 heavy (non-hydrogen) atoms. The number of aliphatic hydroxyl groups is 1. The summed E-state index contributed by atoms with van der Waals surface area (Å²) in [5.41, 5.74) is 7.33. The Balaban J connectivity index is 1.62. The highest BCUT2D eigenvalue weighted by Crippen LogP contribution is 2.59. The molecule has 2 aromatic rings. The summed E-state index contributed by atoms with van der Waals surface area (Å²) < 4.78 is 5.39. The van der Waals surface area contributed by atoms with Crippen molar-refractivity contribution in [2.75, 3.05) is 0 Å². The van der Waals surface area contributed by atoms with Crippen LogP contribution in [0.15, 0.2) is 40.3 Å². The number of aliphatic imine (C=N–C) groups is 1. The topological polar surface area (TPSA) is 113 Å². The number of nitrogens with zero attached hydrogens (tertiary/aromatic N) is 3. The van der Waals surface area contributed by atoms with Crippen LogP contribution in [0.2, 0.25) is 0 Å². The first-order valence-corrected chi connectivity index (χ1v) is 9.23. The Morgan fingerprint density at radius 2 is 2.15 bits per heavy atom. The smallest absolute Gasteiger partial charge is 0.251 e. The third kappa shape index (κ3) is 2.49. The minimum atomic E-state index is -0.564. The van der Waals surface area contributed by atoms with E-state index in [4.69, 9.17) is 15.1 Å². The second kappa shape index (κ2) is 5.54. The highest BCUT2D eigenvalue weighted by atomic mass is 16.4. The maximum Gasteiger partial charge on any atom is 0.251 e. The Morgan fingerprint density at radius 3 is 2.73 bits per heavy atom. The molecular formula is C19H23N5O2. The van der Waals surface area contributed by atoms with Crippen LogP contribution >= 0.6 is 0 Å². The highest BCUT2D eigenvalue weighted by molar-refractivity contribution is 6.30. The molecule has 0 radical (unpaired) electrons. The summed E-state index contributed by atoms with van der Waals surface area (Å²) in [7, 11) is 0. The fourth-order valence-corrected chi connectivity index (χ4v) is 5.82. The number of aromatic amines is 1. The lowest BCUT2D eigenvalue weighted by Crippen LogP contribution is -2.58. The van der Waals surface area contributed by atoms with E-state index in [1.165, 1.54) is 19.0 Å². The Kier molecular flexibility index (Phi) is 3.37. The fraction of sp³-hybridized carbons (Fsp3) is 0.526. The molecule has 7 nitrogen and oxygen atoms in total. The fourth-order valence-electron chi connectivity index (χ4n) is 5.82. The van der Waals surface area contributed by atoms with Gasteiger partial charge in [-0.2, -0.15) is 0 Å². The molecule has 4 bridgehead atoms. The molecular weight excluding hydrogens is 330 g/mol. The van der Waals surface area contributed by atoms with Gasteiger partial charge >= 0.3 is 0 Å². The second-order valence-corrected chi connectivity index (χ2v) is 8.28. The molecule has 4 fully saturated rings. The Hall–Kier alpha value is -2.41. The van der Waals surface area contributed by atoms with Crippen molar-refractivity contribution in [2.24, 2.45) is 22.6 Å². The summed E-state index contributed by atoms with van der Waals surface area (Å²) in [4.78, 5) is 8.46. The zero-order chi connectivity index (χ0) is 17.8. The maximum atomic E-state index is 11.0. The maximum absolute atomic E-state index is 11.0. The van der Waals surface area contributed by atoms with Gasteiger partial charge in [0.2, 0.25) is 6.39 Å². The van der Waals surface area contributed by atoms with E-state index in [0.717, 1.165) is 43.5 Å². The van der Waals surface area contributed by atoms with E-state index in [0.29, 0.717) is 23.3 Å². The standard InChI is InChI=1S/C19H23N5O2/c20-9-14(17-24-22-11-26-17)16(15-2-1-3-21-15)23-18-5-12-4-13(6-18)8-19(25,7-12)10-18/h1-3,9,11-13,21,25H,4-8,10,20H2/t12-,13+,18?,19?. The van der Waals surface area contributed by atoms with Crippen molar-refractivity contribution in [1.29, 1.82) is 0 Å². The predicted molar refractivity (Wildman–Crippen MR) is 96.2 cm³/mol. The van der Waals surface area contributed by atoms with Gasteiger partial charge < -0.3 is 20.2 Å². The van der Waals surface area contributed by atoms with Gasteiger partial charge in [0.15, 0.2) is 0 Å². The van der Waals surface area contributed by atoms with Gasteiger partial charge in [0.25, 0.3) is 5.89 Å². The lowest BCUT2D eigenvalue weighted by Gasteiger charge is -2.58. The third-order valence-electron chi connectivity index (χ3n) is 6.21. The van der Waals surface area contributed by atoms with E-state index in [1.807, 2.05) is 18.3 Å². The molecule has 0 aliphatic heterocycles. The van der Waals surface area contributed by atoms with Gasteiger partial charge in [0.05, 0.1) is 28.1 Å². The first kappa shape index (κ1) is 15.8. The van der Waals surface area contributed by atoms with Crippen molar-refractivity contribution in [3.05, 3.63) is 42.5 Å². The Labute approximate surface area is 151 Å². The number of H-pyrrole nitrogens is 1. The summed E-state index contributed by atoms with van der Waals surface area (Å²) in [6.07, 6.45) is 10.5. The van der Waals surface area contributed by atoms with E-state index in [9.17, 15) is 5.11 Å². The number of rotatable bonds is 4. The van der Waals surface area contributed by atoms with Crippen molar-refractivity contribution in [2.45, 2.75) is 49.7 Å². The third-order valence-corrected chi connectivity index (χ3v) is 6.21. The van der Waals surface area contributed by atoms with Crippen molar-refractivity contribution >= 4 is 11.3 Å². The lowest BCUT2D eigenvalue weighted by molar-refractivity contribution is -0.132. The first-order valence-electron chi connectivity index (χ1n) is 9.23. The Bertz CT molecular complexity index is 839. The van der Waals surface area contributed by atoms with Crippen LogP contribution in [0, 0.1) is 11.8 Å². The molecule has 0 saturated heterocycles. The molecule has 7 heteroatoms. The van der Waals surface area contributed by atoms with Gasteiger partial charge in [0.1, 0.15) is 0 Å². The van der Waals surface area contributed by atoms with Crippen LogP contribution in [0.1, 0.15) is 50.1 Å². The Morgan fingerprint density at radius 1 is 1.35 bits per heavy atom. The van der Waals surface area contributed by atoms with Gasteiger partial charge in [-0.05, 0) is 56.1 Å². The number of hydrogen-bond donors (Lipinski definition) is 3. The lowest BCUT2D eigenvalue weighted by atomic mass is 9.51. The molecule has 4 N–H and O–H groups in total. The van der Waals surface area contributed by atoms with E-state index < -0.39 is 5.60 Å². The van der Waals surface area contributed by atoms with Crippen LogP contribution in [-0.4, -0.2) is 37.1 Å². The quantitative estimate of drug-likeness (QED) is 0.730. The van der Waals surface area contributed by atoms with Crippen molar-refractivity contribution in [3.8, 4) is 0 Å². The van der Waals surface area contributed by atoms with Gasteiger partial charge in [-0.25, -0.2) is 0 Å². The molecule has 4 atom stereocenters. The van der Waals surface area contributed by atoms with E-state index in [1.54, 1.807) is 0 Å². The van der Waals surface area contributed by atoms with Crippen LogP contribution in [0.5, 0.6) is 0 Å². The van der Waals surface area contributed by atoms with Crippen LogP contribution < -0.4 is 5.73 Å². The molecule has 2 heterocycles. The predicted octanol–water partition coefficient (Wildman–Crippen LogP) is 2.27. The normalized spacial score (nSPS) is 36.7.